The molecule has 13 heteroatoms. The van der Waals surface area contributed by atoms with Crippen molar-refractivity contribution in [1.82, 2.24) is 10.1 Å². The predicted octanol–water partition coefficient (Wildman–Crippen LogP) is 6.11. The zero-order chi connectivity index (χ0) is 27.2. The van der Waals surface area contributed by atoms with Crippen molar-refractivity contribution in [2.75, 3.05) is 4.31 Å². The summed E-state index contributed by atoms with van der Waals surface area (Å²) in [7, 11) is -4.32. The van der Waals surface area contributed by atoms with E-state index in [-0.39, 0.29) is 16.3 Å². The number of thiophene rings is 1. The molecule has 0 saturated carbocycles. The fraction of sp³-hybridized carbons (Fsp3) is 0.120. The number of alkyl halides is 3. The number of aromatic nitrogens is 2. The molecule has 38 heavy (non-hydrogen) atoms. The molecule has 0 saturated heterocycles. The van der Waals surface area contributed by atoms with Crippen LogP contribution >= 0.6 is 11.3 Å². The van der Waals surface area contributed by atoms with E-state index in [0.717, 1.165) is 20.5 Å². The van der Waals surface area contributed by atoms with Crippen LogP contribution in [0.15, 0.2) is 80.9 Å². The minimum Gasteiger partial charge on any atom is -0.296 e. The number of anilines is 1. The highest BCUT2D eigenvalue weighted by Crippen LogP contribution is 2.41. The van der Waals surface area contributed by atoms with Crippen LogP contribution in [-0.4, -0.2) is 18.6 Å². The van der Waals surface area contributed by atoms with E-state index in [9.17, 15) is 30.8 Å². The van der Waals surface area contributed by atoms with Gasteiger partial charge in [-0.25, -0.2) is 17.6 Å². The summed E-state index contributed by atoms with van der Waals surface area (Å²) in [5.41, 5.74) is -0.515. The first-order chi connectivity index (χ1) is 17.9. The summed E-state index contributed by atoms with van der Waals surface area (Å²) in [5, 5.41) is 4.68. The highest BCUT2D eigenvalue weighted by molar-refractivity contribution is 7.93. The molecule has 0 aliphatic heterocycles. The van der Waals surface area contributed by atoms with Crippen molar-refractivity contribution in [2.24, 2.45) is 0 Å². The molecule has 1 N–H and O–H groups in total. The van der Waals surface area contributed by atoms with Crippen molar-refractivity contribution >= 4 is 36.4 Å². The maximum Gasteiger partial charge on any atom is 0.439 e. The standard InChI is InChI=1S/C25H17F4N3O4S2/c1-14-18-4-2-3-5-21(18)37-23(14)32(13-15-6-11-20(26)19(12-15)25(27,28)29)38(34,35)17-9-7-16(8-10-17)22-30-24(33)36-31-22/h2-12H,13H2,1H3,(H,30,31,33). The Bertz CT molecular complexity index is 1810. The molecular formula is C25H17F4N3O4S2. The molecule has 0 radical (unpaired) electrons. The van der Waals surface area contributed by atoms with E-state index in [2.05, 4.69) is 14.7 Å². The highest BCUT2D eigenvalue weighted by Gasteiger charge is 2.35. The van der Waals surface area contributed by atoms with Gasteiger partial charge in [0.05, 0.1) is 17.0 Å². The molecule has 0 bridgehead atoms. The molecule has 5 rings (SSSR count). The number of aromatic amines is 1. The van der Waals surface area contributed by atoms with Crippen LogP contribution < -0.4 is 10.1 Å². The van der Waals surface area contributed by atoms with E-state index < -0.39 is 39.9 Å². The molecular weight excluding hydrogens is 546 g/mol. The van der Waals surface area contributed by atoms with E-state index >= 15 is 0 Å². The van der Waals surface area contributed by atoms with E-state index in [0.29, 0.717) is 28.3 Å². The number of sulfonamides is 1. The van der Waals surface area contributed by atoms with E-state index in [1.54, 1.807) is 19.1 Å². The number of halogens is 4. The third-order valence-electron chi connectivity index (χ3n) is 5.86. The van der Waals surface area contributed by atoms with Crippen LogP contribution in [0.1, 0.15) is 16.7 Å². The van der Waals surface area contributed by atoms with Gasteiger partial charge in [0.1, 0.15) is 10.8 Å². The second kappa shape index (κ2) is 9.40. The first-order valence-corrected chi connectivity index (χ1v) is 13.2. The smallest absolute Gasteiger partial charge is 0.296 e. The molecule has 196 valence electrons. The summed E-state index contributed by atoms with van der Waals surface area (Å²) in [6, 6.07) is 15.1. The third kappa shape index (κ3) is 4.70. The number of fused-ring (bicyclic) bond motifs is 1. The number of hydrogen-bond donors (Lipinski definition) is 1. The van der Waals surface area contributed by atoms with Gasteiger partial charge in [0, 0.05) is 10.3 Å². The van der Waals surface area contributed by atoms with Gasteiger partial charge in [-0.05, 0) is 65.9 Å². The summed E-state index contributed by atoms with van der Waals surface area (Å²) in [4.78, 5) is 13.5. The zero-order valence-electron chi connectivity index (χ0n) is 19.4. The first-order valence-electron chi connectivity index (χ1n) is 11.0. The van der Waals surface area contributed by atoms with Crippen molar-refractivity contribution < 1.29 is 30.5 Å². The van der Waals surface area contributed by atoms with Crippen LogP contribution in [0.5, 0.6) is 0 Å². The van der Waals surface area contributed by atoms with Crippen molar-refractivity contribution in [3.8, 4) is 11.4 Å². The van der Waals surface area contributed by atoms with Crippen LogP contribution in [0.4, 0.5) is 22.6 Å². The summed E-state index contributed by atoms with van der Waals surface area (Å²) in [6.07, 6.45) is -4.95. The van der Waals surface area contributed by atoms with Gasteiger partial charge in [0.25, 0.3) is 10.0 Å². The van der Waals surface area contributed by atoms with Crippen molar-refractivity contribution in [2.45, 2.75) is 24.5 Å². The lowest BCUT2D eigenvalue weighted by Crippen LogP contribution is -2.30. The van der Waals surface area contributed by atoms with Crippen LogP contribution in [0, 0.1) is 12.7 Å². The van der Waals surface area contributed by atoms with Crippen LogP contribution in [0.25, 0.3) is 21.5 Å². The summed E-state index contributed by atoms with van der Waals surface area (Å²) in [6.45, 7) is 1.25. The summed E-state index contributed by atoms with van der Waals surface area (Å²) in [5.74, 6) is -2.13. The average molecular weight is 564 g/mol. The molecule has 7 nitrogen and oxygen atoms in total. The van der Waals surface area contributed by atoms with E-state index in [4.69, 9.17) is 0 Å². The molecule has 0 amide bonds. The van der Waals surface area contributed by atoms with Crippen molar-refractivity contribution in [3.05, 3.63) is 99.8 Å². The Hall–Kier alpha value is -3.97. The van der Waals surface area contributed by atoms with Gasteiger partial charge >= 0.3 is 11.9 Å². The highest BCUT2D eigenvalue weighted by atomic mass is 32.2. The monoisotopic (exact) mass is 563 g/mol. The van der Waals surface area contributed by atoms with Crippen molar-refractivity contribution in [3.63, 3.8) is 0 Å². The van der Waals surface area contributed by atoms with E-state index in [1.165, 1.54) is 35.6 Å². The third-order valence-corrected chi connectivity index (χ3v) is 9.03. The Morgan fingerprint density at radius 2 is 1.76 bits per heavy atom. The second-order valence-electron chi connectivity index (χ2n) is 8.32. The molecule has 2 heterocycles. The van der Waals surface area contributed by atoms with Gasteiger partial charge in [-0.3, -0.25) is 13.8 Å². The maximum atomic E-state index is 13.9. The molecule has 3 aromatic carbocycles. The number of aryl methyl sites for hydroxylation is 1. The van der Waals surface area contributed by atoms with Crippen LogP contribution in [0.3, 0.4) is 0 Å². The molecule has 0 aliphatic carbocycles. The molecule has 0 spiro atoms. The molecule has 5 aromatic rings. The normalized spacial score (nSPS) is 12.2. The Morgan fingerprint density at radius 1 is 1.05 bits per heavy atom. The lowest BCUT2D eigenvalue weighted by Gasteiger charge is -2.24. The second-order valence-corrected chi connectivity index (χ2v) is 11.2. The van der Waals surface area contributed by atoms with Gasteiger partial charge in [-0.2, -0.15) is 13.2 Å². The number of nitrogens with zero attached hydrogens (tertiary/aromatic N) is 2. The van der Waals surface area contributed by atoms with Gasteiger partial charge < -0.3 is 0 Å². The number of benzene rings is 3. The fourth-order valence-electron chi connectivity index (χ4n) is 3.99. The van der Waals surface area contributed by atoms with Crippen molar-refractivity contribution in [1.29, 1.82) is 0 Å². The zero-order valence-corrected chi connectivity index (χ0v) is 21.0. The molecule has 2 aromatic heterocycles. The van der Waals surface area contributed by atoms with Gasteiger partial charge in [0.15, 0.2) is 5.82 Å². The Labute approximate surface area is 217 Å². The van der Waals surface area contributed by atoms with Gasteiger partial charge in [0.2, 0.25) is 0 Å². The Balaban J connectivity index is 1.62. The maximum absolute atomic E-state index is 13.9. The lowest BCUT2D eigenvalue weighted by molar-refractivity contribution is -0.140. The van der Waals surface area contributed by atoms with E-state index in [1.807, 2.05) is 12.1 Å². The summed E-state index contributed by atoms with van der Waals surface area (Å²) >= 11 is 1.18. The number of H-pyrrole nitrogens is 1. The fourth-order valence-corrected chi connectivity index (χ4v) is 6.92. The van der Waals surface area contributed by atoms with Crippen LogP contribution in [-0.2, 0) is 22.7 Å². The summed E-state index contributed by atoms with van der Waals surface area (Å²) < 4.78 is 88.1. The Kier molecular flexibility index (Phi) is 6.35. The number of hydrogen-bond acceptors (Lipinski definition) is 6. The topological polar surface area (TPSA) is 96.3 Å². The van der Waals surface area contributed by atoms with Gasteiger partial charge in [-0.15, -0.1) is 11.3 Å². The molecule has 0 fully saturated rings. The van der Waals surface area contributed by atoms with Crippen LogP contribution in [0.2, 0.25) is 0 Å². The predicted molar refractivity (Wildman–Crippen MR) is 134 cm³/mol. The molecule has 0 unspecified atom stereocenters. The quantitative estimate of drug-likeness (QED) is 0.252. The largest absolute Gasteiger partial charge is 0.439 e. The molecule has 0 aliphatic rings. The minimum absolute atomic E-state index is 0.0454. The average Bonchev–Trinajstić information content (AvgIpc) is 3.46. The Morgan fingerprint density at radius 3 is 2.39 bits per heavy atom. The minimum atomic E-state index is -4.95. The first kappa shape index (κ1) is 25.7. The number of nitrogens with one attached hydrogen (secondary N) is 1. The lowest BCUT2D eigenvalue weighted by atomic mass is 10.1. The SMILES string of the molecule is Cc1c(N(Cc2ccc(F)c(C(F)(F)F)c2)S(=O)(=O)c2ccc(-c3noc(=O)[nH]3)cc2)sc2ccccc12. The molecule has 0 atom stereocenters. The number of rotatable bonds is 6. The van der Waals surface area contributed by atoms with Gasteiger partial charge in [-0.1, -0.05) is 29.4 Å².